The number of unbranched alkanes of at least 4 members (excludes halogenated alkanes) is 1. The Morgan fingerprint density at radius 2 is 2.11 bits per heavy atom. The van der Waals surface area contributed by atoms with E-state index in [0.29, 0.717) is 0 Å². The van der Waals surface area contributed by atoms with Gasteiger partial charge in [-0.2, -0.15) is 0 Å². The van der Waals surface area contributed by atoms with Crippen LogP contribution in [0.5, 0.6) is 5.75 Å². The average Bonchev–Trinajstić information content (AvgIpc) is 2.81. The predicted molar refractivity (Wildman–Crippen MR) is 74.0 cm³/mol. The summed E-state index contributed by atoms with van der Waals surface area (Å²) in [6.45, 7) is 4.08. The smallest absolute Gasteiger partial charge is 0.128 e. The zero-order chi connectivity index (χ0) is 12.8. The molecule has 0 aliphatic rings. The molecule has 1 N–H and O–H groups in total. The van der Waals surface area contributed by atoms with Crippen LogP contribution in [0.25, 0.3) is 10.9 Å². The van der Waals surface area contributed by atoms with Gasteiger partial charge in [0, 0.05) is 24.7 Å². The molecule has 0 aliphatic carbocycles. The summed E-state index contributed by atoms with van der Waals surface area (Å²) in [5, 5.41) is 10.00. The van der Waals surface area contributed by atoms with Gasteiger partial charge in [-0.25, -0.2) is 0 Å². The molecule has 3 nitrogen and oxygen atoms in total. The van der Waals surface area contributed by atoms with Crippen molar-refractivity contribution >= 4 is 10.9 Å². The molecular formula is C15H21NO2. The van der Waals surface area contributed by atoms with Crippen LogP contribution in [0.1, 0.15) is 26.2 Å². The van der Waals surface area contributed by atoms with Gasteiger partial charge in [0.05, 0.1) is 12.1 Å². The molecule has 0 radical (unpaired) electrons. The monoisotopic (exact) mass is 247 g/mol. The van der Waals surface area contributed by atoms with Crippen LogP contribution in [0.2, 0.25) is 0 Å². The van der Waals surface area contributed by atoms with Crippen LogP contribution >= 0.6 is 0 Å². The quantitative estimate of drug-likeness (QED) is 0.762. The summed E-state index contributed by atoms with van der Waals surface area (Å²) in [7, 11) is 0. The minimum atomic E-state index is 0.268. The van der Waals surface area contributed by atoms with E-state index < -0.39 is 0 Å². The van der Waals surface area contributed by atoms with Crippen molar-refractivity contribution in [2.24, 2.45) is 0 Å². The fourth-order valence-electron chi connectivity index (χ4n) is 2.12. The number of nitrogens with zero attached hydrogens (tertiary/aromatic N) is 1. The fraction of sp³-hybridized carbons (Fsp3) is 0.467. The van der Waals surface area contributed by atoms with Crippen LogP contribution in [0.15, 0.2) is 30.5 Å². The predicted octanol–water partition coefficient (Wildman–Crippen LogP) is 3.20. The standard InChI is InChI=1S/C15H21NO2/c1-2-12-18-15-7-5-6-14-13(15)8-10-16(14)9-3-4-11-17/h5-8,10,17H,2-4,9,11-12H2,1H3. The lowest BCUT2D eigenvalue weighted by Gasteiger charge is -2.08. The van der Waals surface area contributed by atoms with Gasteiger partial charge in [-0.15, -0.1) is 0 Å². The summed E-state index contributed by atoms with van der Waals surface area (Å²) < 4.78 is 7.98. The topological polar surface area (TPSA) is 34.4 Å². The number of benzene rings is 1. The van der Waals surface area contributed by atoms with Gasteiger partial charge < -0.3 is 14.4 Å². The molecule has 3 heteroatoms. The van der Waals surface area contributed by atoms with E-state index in [1.54, 1.807) is 0 Å². The molecule has 0 saturated carbocycles. The summed E-state index contributed by atoms with van der Waals surface area (Å²) in [5.41, 5.74) is 1.21. The highest BCUT2D eigenvalue weighted by Gasteiger charge is 2.05. The van der Waals surface area contributed by atoms with Gasteiger partial charge in [0.2, 0.25) is 0 Å². The van der Waals surface area contributed by atoms with Crippen LogP contribution in [0.3, 0.4) is 0 Å². The van der Waals surface area contributed by atoms with Crippen LogP contribution < -0.4 is 4.74 Å². The highest BCUT2D eigenvalue weighted by molar-refractivity contribution is 5.86. The first-order valence-corrected chi connectivity index (χ1v) is 6.68. The molecule has 1 aromatic carbocycles. The van der Waals surface area contributed by atoms with E-state index in [0.717, 1.165) is 38.2 Å². The van der Waals surface area contributed by atoms with Crippen molar-refractivity contribution in [1.29, 1.82) is 0 Å². The maximum Gasteiger partial charge on any atom is 0.128 e. The van der Waals surface area contributed by atoms with E-state index in [-0.39, 0.29) is 6.61 Å². The summed E-state index contributed by atoms with van der Waals surface area (Å²) >= 11 is 0. The highest BCUT2D eigenvalue weighted by Crippen LogP contribution is 2.26. The molecule has 0 saturated heterocycles. The van der Waals surface area contributed by atoms with Crippen molar-refractivity contribution in [2.75, 3.05) is 13.2 Å². The second kappa shape index (κ2) is 6.45. The molecule has 2 rings (SSSR count). The first-order chi connectivity index (χ1) is 8.86. The number of aliphatic hydroxyl groups is 1. The third-order valence-corrected chi connectivity index (χ3v) is 3.04. The van der Waals surface area contributed by atoms with Crippen molar-refractivity contribution in [2.45, 2.75) is 32.7 Å². The van der Waals surface area contributed by atoms with E-state index in [2.05, 4.69) is 29.8 Å². The first-order valence-electron chi connectivity index (χ1n) is 6.68. The Morgan fingerprint density at radius 1 is 1.22 bits per heavy atom. The Kier molecular flexibility index (Phi) is 4.65. The van der Waals surface area contributed by atoms with Crippen LogP contribution in [0, 0.1) is 0 Å². The van der Waals surface area contributed by atoms with Crippen LogP contribution in [-0.2, 0) is 6.54 Å². The lowest BCUT2D eigenvalue weighted by molar-refractivity contribution is 0.281. The zero-order valence-electron chi connectivity index (χ0n) is 10.9. The molecule has 0 aliphatic heterocycles. The van der Waals surface area contributed by atoms with Gasteiger partial charge in [-0.1, -0.05) is 13.0 Å². The van der Waals surface area contributed by atoms with Gasteiger partial charge in [0.1, 0.15) is 5.75 Å². The fourth-order valence-corrected chi connectivity index (χ4v) is 2.12. The van der Waals surface area contributed by atoms with E-state index in [4.69, 9.17) is 9.84 Å². The number of aryl methyl sites for hydroxylation is 1. The SMILES string of the molecule is CCCOc1cccc2c1ccn2CCCCO. The molecule has 0 bridgehead atoms. The van der Waals surface area contributed by atoms with Crippen molar-refractivity contribution in [3.63, 3.8) is 0 Å². The van der Waals surface area contributed by atoms with Crippen molar-refractivity contribution in [3.05, 3.63) is 30.5 Å². The third kappa shape index (κ3) is 2.85. The normalized spacial score (nSPS) is 11.0. The van der Waals surface area contributed by atoms with Gasteiger partial charge in [-0.3, -0.25) is 0 Å². The lowest BCUT2D eigenvalue weighted by atomic mass is 10.2. The first kappa shape index (κ1) is 13.0. The van der Waals surface area contributed by atoms with E-state index in [1.165, 1.54) is 10.9 Å². The van der Waals surface area contributed by atoms with Gasteiger partial charge in [0.15, 0.2) is 0 Å². The molecule has 18 heavy (non-hydrogen) atoms. The van der Waals surface area contributed by atoms with E-state index >= 15 is 0 Å². The summed E-state index contributed by atoms with van der Waals surface area (Å²) in [6, 6.07) is 8.29. The molecule has 1 aromatic heterocycles. The van der Waals surface area contributed by atoms with Gasteiger partial charge in [-0.05, 0) is 37.5 Å². The number of ether oxygens (including phenoxy) is 1. The second-order valence-corrected chi connectivity index (χ2v) is 4.48. The minimum Gasteiger partial charge on any atom is -0.493 e. The van der Waals surface area contributed by atoms with Crippen molar-refractivity contribution in [3.8, 4) is 5.75 Å². The number of aliphatic hydroxyl groups excluding tert-OH is 1. The molecule has 0 fully saturated rings. The van der Waals surface area contributed by atoms with E-state index in [1.807, 2.05) is 12.1 Å². The lowest BCUT2D eigenvalue weighted by Crippen LogP contribution is -1.98. The van der Waals surface area contributed by atoms with Gasteiger partial charge >= 0.3 is 0 Å². The Labute approximate surface area is 108 Å². The number of fused-ring (bicyclic) bond motifs is 1. The average molecular weight is 247 g/mol. The van der Waals surface area contributed by atoms with Gasteiger partial charge in [0.25, 0.3) is 0 Å². The largest absolute Gasteiger partial charge is 0.493 e. The molecule has 98 valence electrons. The second-order valence-electron chi connectivity index (χ2n) is 4.48. The molecule has 0 amide bonds. The molecule has 2 aromatic rings. The minimum absolute atomic E-state index is 0.268. The summed E-state index contributed by atoms with van der Waals surface area (Å²) in [5.74, 6) is 0.968. The number of aromatic nitrogens is 1. The molecular weight excluding hydrogens is 226 g/mol. The van der Waals surface area contributed by atoms with Crippen LogP contribution in [-0.4, -0.2) is 22.9 Å². The van der Waals surface area contributed by atoms with Crippen molar-refractivity contribution in [1.82, 2.24) is 4.57 Å². The van der Waals surface area contributed by atoms with E-state index in [9.17, 15) is 0 Å². The number of hydrogen-bond acceptors (Lipinski definition) is 2. The Bertz CT molecular complexity index is 490. The maximum absolute atomic E-state index is 8.82. The Balaban J connectivity index is 2.19. The molecule has 0 atom stereocenters. The van der Waals surface area contributed by atoms with Crippen LogP contribution in [0.4, 0.5) is 0 Å². The Hall–Kier alpha value is -1.48. The Morgan fingerprint density at radius 3 is 2.89 bits per heavy atom. The molecule has 1 heterocycles. The number of hydrogen-bond donors (Lipinski definition) is 1. The molecule has 0 unspecified atom stereocenters. The summed E-state index contributed by atoms with van der Waals surface area (Å²) in [6.07, 6.45) is 4.97. The van der Waals surface area contributed by atoms with Crippen molar-refractivity contribution < 1.29 is 9.84 Å². The zero-order valence-corrected chi connectivity index (χ0v) is 10.9. The number of rotatable bonds is 7. The molecule has 0 spiro atoms. The summed E-state index contributed by atoms with van der Waals surface area (Å²) in [4.78, 5) is 0. The third-order valence-electron chi connectivity index (χ3n) is 3.04. The maximum atomic E-state index is 8.82. The highest BCUT2D eigenvalue weighted by atomic mass is 16.5.